The Hall–Kier alpha value is -2.86. The van der Waals surface area contributed by atoms with Gasteiger partial charge in [0, 0.05) is 17.8 Å². The molecule has 6 nitrogen and oxygen atoms in total. The molecule has 0 unspecified atom stereocenters. The molecule has 2 aromatic rings. The summed E-state index contributed by atoms with van der Waals surface area (Å²) in [5, 5.41) is 8.14. The monoisotopic (exact) mass is 359 g/mol. The second-order valence-electron chi connectivity index (χ2n) is 5.15. The summed E-state index contributed by atoms with van der Waals surface area (Å²) in [4.78, 5) is 35.8. The zero-order chi connectivity index (χ0) is 18.2. The van der Waals surface area contributed by atoms with Crippen molar-refractivity contribution in [3.8, 4) is 0 Å². The van der Waals surface area contributed by atoms with Crippen LogP contribution in [0.2, 0.25) is 5.02 Å². The number of benzene rings is 2. The Bertz CT molecular complexity index is 793. The Morgan fingerprint density at radius 2 is 1.72 bits per heavy atom. The quantitative estimate of drug-likeness (QED) is 0.740. The number of halogens is 1. The van der Waals surface area contributed by atoms with Gasteiger partial charge in [0.25, 0.3) is 11.8 Å². The number of amides is 3. The number of anilines is 1. The summed E-state index contributed by atoms with van der Waals surface area (Å²) in [6.45, 7) is 2.13. The standard InChI is InChI=1S/C18H18ClN3O3/c1-2-20-17(24)12-6-5-7-13(10-12)22-16(23)11-21-18(25)14-8-3-4-9-15(14)19/h3-10H,2,11H2,1H3,(H,20,24)(H,21,25)(H,22,23). The van der Waals surface area contributed by atoms with Crippen molar-refractivity contribution >= 4 is 35.0 Å². The number of carbonyl (C=O) groups is 3. The largest absolute Gasteiger partial charge is 0.352 e. The molecular weight excluding hydrogens is 342 g/mol. The van der Waals surface area contributed by atoms with Crippen molar-refractivity contribution in [2.24, 2.45) is 0 Å². The van der Waals surface area contributed by atoms with Crippen LogP contribution in [0.5, 0.6) is 0 Å². The highest BCUT2D eigenvalue weighted by Crippen LogP contribution is 2.14. The number of hydrogen-bond acceptors (Lipinski definition) is 3. The van der Waals surface area contributed by atoms with Gasteiger partial charge in [-0.3, -0.25) is 14.4 Å². The van der Waals surface area contributed by atoms with Crippen molar-refractivity contribution in [1.29, 1.82) is 0 Å². The molecule has 0 spiro atoms. The van der Waals surface area contributed by atoms with Crippen molar-refractivity contribution in [2.45, 2.75) is 6.92 Å². The summed E-state index contributed by atoms with van der Waals surface area (Å²) in [7, 11) is 0. The fraction of sp³-hybridized carbons (Fsp3) is 0.167. The first-order chi connectivity index (χ1) is 12.0. The summed E-state index contributed by atoms with van der Waals surface area (Å²) >= 11 is 5.94. The van der Waals surface area contributed by atoms with Crippen LogP contribution in [0.15, 0.2) is 48.5 Å². The number of carbonyl (C=O) groups excluding carboxylic acids is 3. The van der Waals surface area contributed by atoms with Crippen molar-refractivity contribution in [3.05, 3.63) is 64.7 Å². The average Bonchev–Trinajstić information content (AvgIpc) is 2.60. The summed E-state index contributed by atoms with van der Waals surface area (Å²) < 4.78 is 0. The topological polar surface area (TPSA) is 87.3 Å². The maximum Gasteiger partial charge on any atom is 0.253 e. The van der Waals surface area contributed by atoms with E-state index < -0.39 is 11.8 Å². The lowest BCUT2D eigenvalue weighted by Gasteiger charge is -2.09. The van der Waals surface area contributed by atoms with E-state index >= 15 is 0 Å². The molecule has 130 valence electrons. The normalized spacial score (nSPS) is 10.0. The van der Waals surface area contributed by atoms with Gasteiger partial charge in [-0.1, -0.05) is 29.8 Å². The van der Waals surface area contributed by atoms with Crippen molar-refractivity contribution in [2.75, 3.05) is 18.4 Å². The molecule has 3 amide bonds. The van der Waals surface area contributed by atoms with Gasteiger partial charge in [-0.05, 0) is 37.3 Å². The van der Waals surface area contributed by atoms with Crippen molar-refractivity contribution in [3.63, 3.8) is 0 Å². The van der Waals surface area contributed by atoms with E-state index in [1.165, 1.54) is 0 Å². The van der Waals surface area contributed by atoms with E-state index in [1.54, 1.807) is 48.5 Å². The van der Waals surface area contributed by atoms with Gasteiger partial charge in [0.2, 0.25) is 5.91 Å². The van der Waals surface area contributed by atoms with Gasteiger partial charge in [0.1, 0.15) is 0 Å². The van der Waals surface area contributed by atoms with Crippen LogP contribution in [0.3, 0.4) is 0 Å². The molecule has 0 aliphatic carbocycles. The van der Waals surface area contributed by atoms with Gasteiger partial charge in [0.05, 0.1) is 17.1 Å². The maximum atomic E-state index is 12.0. The van der Waals surface area contributed by atoms with Crippen LogP contribution >= 0.6 is 11.6 Å². The van der Waals surface area contributed by atoms with Gasteiger partial charge in [-0.2, -0.15) is 0 Å². The summed E-state index contributed by atoms with van der Waals surface area (Å²) in [5.74, 6) is -1.06. The molecule has 7 heteroatoms. The minimum atomic E-state index is -0.433. The molecule has 2 aromatic carbocycles. The van der Waals surface area contributed by atoms with E-state index in [0.717, 1.165) is 0 Å². The third kappa shape index (κ3) is 5.32. The molecule has 0 atom stereocenters. The SMILES string of the molecule is CCNC(=O)c1cccc(NC(=O)CNC(=O)c2ccccc2Cl)c1. The Balaban J connectivity index is 1.92. The molecule has 0 saturated carbocycles. The lowest BCUT2D eigenvalue weighted by molar-refractivity contribution is -0.115. The smallest absolute Gasteiger partial charge is 0.253 e. The Morgan fingerprint density at radius 1 is 0.960 bits per heavy atom. The van der Waals surface area contributed by atoms with E-state index in [-0.39, 0.29) is 12.5 Å². The van der Waals surface area contributed by atoms with Crippen LogP contribution in [0.4, 0.5) is 5.69 Å². The third-order valence-corrected chi connectivity index (χ3v) is 3.60. The minimum absolute atomic E-state index is 0.213. The van der Waals surface area contributed by atoms with Gasteiger partial charge in [-0.25, -0.2) is 0 Å². The number of hydrogen-bond donors (Lipinski definition) is 3. The number of nitrogens with one attached hydrogen (secondary N) is 3. The van der Waals surface area contributed by atoms with Crippen LogP contribution in [0, 0.1) is 0 Å². The predicted octanol–water partition coefficient (Wildman–Crippen LogP) is 2.46. The Kier molecular flexibility index (Phi) is 6.54. The van der Waals surface area contributed by atoms with Crippen molar-refractivity contribution in [1.82, 2.24) is 10.6 Å². The highest BCUT2D eigenvalue weighted by molar-refractivity contribution is 6.33. The van der Waals surface area contributed by atoms with Crippen LogP contribution in [-0.2, 0) is 4.79 Å². The zero-order valence-electron chi connectivity index (χ0n) is 13.6. The molecule has 0 bridgehead atoms. The Labute approximate surface area is 150 Å². The molecule has 0 saturated heterocycles. The molecule has 25 heavy (non-hydrogen) atoms. The summed E-state index contributed by atoms with van der Waals surface area (Å²) in [5.41, 5.74) is 1.22. The van der Waals surface area contributed by atoms with E-state index in [4.69, 9.17) is 11.6 Å². The van der Waals surface area contributed by atoms with Crippen molar-refractivity contribution < 1.29 is 14.4 Å². The molecule has 0 heterocycles. The second kappa shape index (κ2) is 8.84. The van der Waals surface area contributed by atoms with Crippen LogP contribution in [-0.4, -0.2) is 30.8 Å². The summed E-state index contributed by atoms with van der Waals surface area (Å²) in [6.07, 6.45) is 0. The first-order valence-corrected chi connectivity index (χ1v) is 8.10. The number of rotatable bonds is 6. The van der Waals surface area contributed by atoms with Gasteiger partial charge in [-0.15, -0.1) is 0 Å². The van der Waals surface area contributed by atoms with Crippen LogP contribution < -0.4 is 16.0 Å². The molecular formula is C18H18ClN3O3. The van der Waals surface area contributed by atoms with E-state index in [0.29, 0.717) is 28.4 Å². The lowest BCUT2D eigenvalue weighted by Crippen LogP contribution is -2.33. The van der Waals surface area contributed by atoms with Gasteiger partial charge < -0.3 is 16.0 Å². The predicted molar refractivity (Wildman–Crippen MR) is 96.9 cm³/mol. The first-order valence-electron chi connectivity index (χ1n) is 7.72. The molecule has 0 aliphatic rings. The average molecular weight is 360 g/mol. The fourth-order valence-electron chi connectivity index (χ4n) is 2.11. The maximum absolute atomic E-state index is 12.0. The molecule has 2 rings (SSSR count). The molecule has 0 aromatic heterocycles. The fourth-order valence-corrected chi connectivity index (χ4v) is 2.33. The third-order valence-electron chi connectivity index (χ3n) is 3.27. The Morgan fingerprint density at radius 3 is 2.44 bits per heavy atom. The van der Waals surface area contributed by atoms with Gasteiger partial charge in [0.15, 0.2) is 0 Å². The highest BCUT2D eigenvalue weighted by Gasteiger charge is 2.11. The minimum Gasteiger partial charge on any atom is -0.352 e. The summed E-state index contributed by atoms with van der Waals surface area (Å²) in [6, 6.07) is 13.1. The molecule has 0 fully saturated rings. The first kappa shape index (κ1) is 18.5. The second-order valence-corrected chi connectivity index (χ2v) is 5.56. The van der Waals surface area contributed by atoms with E-state index in [9.17, 15) is 14.4 Å². The lowest BCUT2D eigenvalue weighted by atomic mass is 10.2. The zero-order valence-corrected chi connectivity index (χ0v) is 14.4. The van der Waals surface area contributed by atoms with E-state index in [2.05, 4.69) is 16.0 Å². The molecule has 3 N–H and O–H groups in total. The molecule has 0 radical (unpaired) electrons. The van der Waals surface area contributed by atoms with Gasteiger partial charge >= 0.3 is 0 Å². The van der Waals surface area contributed by atoms with Crippen LogP contribution in [0.25, 0.3) is 0 Å². The highest BCUT2D eigenvalue weighted by atomic mass is 35.5. The molecule has 0 aliphatic heterocycles. The van der Waals surface area contributed by atoms with Crippen LogP contribution in [0.1, 0.15) is 27.6 Å². The van der Waals surface area contributed by atoms with E-state index in [1.807, 2.05) is 6.92 Å².